The van der Waals surface area contributed by atoms with E-state index in [0.717, 1.165) is 30.9 Å². The van der Waals surface area contributed by atoms with Crippen molar-refractivity contribution in [3.8, 4) is 5.75 Å². The third-order valence-electron chi connectivity index (χ3n) is 7.04. The molecule has 0 aromatic heterocycles. The van der Waals surface area contributed by atoms with Gasteiger partial charge >= 0.3 is 11.9 Å². The molecule has 0 saturated carbocycles. The third-order valence-corrected chi connectivity index (χ3v) is 7.04. The van der Waals surface area contributed by atoms with E-state index in [1.807, 2.05) is 0 Å². The number of rotatable bonds is 25. The molecule has 0 radical (unpaired) electrons. The van der Waals surface area contributed by atoms with Crippen LogP contribution in [0, 0.1) is 5.92 Å². The van der Waals surface area contributed by atoms with Crippen molar-refractivity contribution in [3.63, 3.8) is 0 Å². The van der Waals surface area contributed by atoms with Gasteiger partial charge in [-0.15, -0.1) is 0 Å². The summed E-state index contributed by atoms with van der Waals surface area (Å²) in [7, 11) is 0. The zero-order chi connectivity index (χ0) is 29.0. The first-order valence-electron chi connectivity index (χ1n) is 16.0. The molecule has 5 nitrogen and oxygen atoms in total. The Bertz CT molecular complexity index is 690. The Labute approximate surface area is 260 Å². The minimum atomic E-state index is -0.904. The number of carboxylic acid groups (broad SMARTS) is 2. The normalized spacial score (nSPS) is 10.5. The van der Waals surface area contributed by atoms with E-state index in [2.05, 4.69) is 20.8 Å². The van der Waals surface area contributed by atoms with E-state index in [1.165, 1.54) is 109 Å². The van der Waals surface area contributed by atoms with E-state index in [0.29, 0.717) is 18.6 Å². The monoisotopic (exact) mass is 646 g/mol. The van der Waals surface area contributed by atoms with Crippen LogP contribution in [-0.2, 0) is 25.9 Å². The summed E-state index contributed by atoms with van der Waals surface area (Å²) in [5, 5.41) is 17.3. The fourth-order valence-electron chi connectivity index (χ4n) is 4.54. The number of aliphatic carboxylic acids is 1. The maximum Gasteiger partial charge on any atom is 0.335 e. The Kier molecular flexibility index (Phi) is 31.2. The first-order chi connectivity index (χ1) is 18.9. The number of hydrogen-bond donors (Lipinski definition) is 2. The average molecular weight is 645 g/mol. The molecule has 2 N–H and O–H groups in total. The molecule has 40 heavy (non-hydrogen) atoms. The Morgan fingerprint density at radius 3 is 1.50 bits per heavy atom. The predicted octanol–water partition coefficient (Wildman–Crippen LogP) is 10.7. The van der Waals surface area contributed by atoms with Gasteiger partial charge in [0.25, 0.3) is 0 Å². The number of benzene rings is 1. The van der Waals surface area contributed by atoms with Crippen LogP contribution in [0.2, 0.25) is 0 Å². The molecule has 0 atom stereocenters. The summed E-state index contributed by atoms with van der Waals surface area (Å²) in [4.78, 5) is 21.0. The zero-order valence-corrected chi connectivity index (χ0v) is 28.0. The fraction of sp³-hybridized carbons (Fsp3) is 0.765. The summed E-state index contributed by atoms with van der Waals surface area (Å²) in [6.07, 6.45) is 26.2. The van der Waals surface area contributed by atoms with Gasteiger partial charge < -0.3 is 14.9 Å². The van der Waals surface area contributed by atoms with Crippen molar-refractivity contribution < 1.29 is 45.6 Å². The molecule has 1 aromatic carbocycles. The van der Waals surface area contributed by atoms with Gasteiger partial charge in [0.05, 0.1) is 12.2 Å². The topological polar surface area (TPSA) is 83.8 Å². The van der Waals surface area contributed by atoms with E-state index >= 15 is 0 Å². The van der Waals surface area contributed by atoms with Crippen LogP contribution >= 0.6 is 0 Å². The van der Waals surface area contributed by atoms with Crippen LogP contribution in [0.1, 0.15) is 166 Å². The predicted molar refractivity (Wildman–Crippen MR) is 164 cm³/mol. The van der Waals surface area contributed by atoms with E-state index in [1.54, 1.807) is 24.3 Å². The van der Waals surface area contributed by atoms with Gasteiger partial charge in [-0.3, -0.25) is 4.79 Å². The van der Waals surface area contributed by atoms with Crippen molar-refractivity contribution in [1.82, 2.24) is 0 Å². The Hall–Kier alpha value is -1.35. The quantitative estimate of drug-likeness (QED) is 0.0817. The van der Waals surface area contributed by atoms with E-state index in [4.69, 9.17) is 14.9 Å². The molecule has 0 spiro atoms. The molecule has 0 aliphatic carbocycles. The summed E-state index contributed by atoms with van der Waals surface area (Å²) in [5.74, 6) is 0.0542. The molecular weight excluding hydrogens is 584 g/mol. The van der Waals surface area contributed by atoms with Crippen LogP contribution in [0.5, 0.6) is 5.75 Å². The van der Waals surface area contributed by atoms with Crippen LogP contribution in [0.3, 0.4) is 0 Å². The molecule has 0 unspecified atom stereocenters. The molecule has 0 fully saturated rings. The van der Waals surface area contributed by atoms with Gasteiger partial charge in [-0.25, -0.2) is 4.79 Å². The summed E-state index contributed by atoms with van der Waals surface area (Å²) in [6.45, 7) is 7.55. The molecule has 1 rings (SSSR count). The molecule has 6 heteroatoms. The number of hydrogen-bond acceptors (Lipinski definition) is 3. The van der Waals surface area contributed by atoms with E-state index < -0.39 is 11.9 Å². The maximum atomic E-state index is 10.7. The van der Waals surface area contributed by atoms with Crippen LogP contribution in [0.4, 0.5) is 0 Å². The molecule has 0 bridgehead atoms. The third kappa shape index (κ3) is 29.6. The van der Waals surface area contributed by atoms with Gasteiger partial charge in [0.2, 0.25) is 0 Å². The number of unbranched alkanes of at least 4 members (excludes halogenated alkanes) is 17. The molecular formula is C34H60MoO5. The van der Waals surface area contributed by atoms with Crippen molar-refractivity contribution >= 4 is 11.9 Å². The Balaban J connectivity index is 0. The van der Waals surface area contributed by atoms with E-state index in [9.17, 15) is 9.59 Å². The molecule has 0 saturated heterocycles. The van der Waals surface area contributed by atoms with Crippen molar-refractivity contribution in [1.29, 1.82) is 0 Å². The van der Waals surface area contributed by atoms with Crippen LogP contribution in [0.25, 0.3) is 0 Å². The van der Waals surface area contributed by atoms with Gasteiger partial charge in [-0.05, 0) is 43.0 Å². The second-order valence-corrected chi connectivity index (χ2v) is 11.4. The van der Waals surface area contributed by atoms with Crippen LogP contribution in [0.15, 0.2) is 24.3 Å². The summed E-state index contributed by atoms with van der Waals surface area (Å²) in [5.41, 5.74) is 0.295. The van der Waals surface area contributed by atoms with E-state index in [-0.39, 0.29) is 21.1 Å². The van der Waals surface area contributed by atoms with Gasteiger partial charge in [-0.2, -0.15) is 0 Å². The largest absolute Gasteiger partial charge is 0.494 e. The number of carbonyl (C=O) groups is 2. The molecule has 0 amide bonds. The SMILES string of the molecule is CC(C)CCCCCCCCCCCCCCC(=O)O.CCCCCCCCCOc1ccc(C(=O)O)cc1.[Mo]. The summed E-state index contributed by atoms with van der Waals surface area (Å²) >= 11 is 0. The van der Waals surface area contributed by atoms with Gasteiger partial charge in [0, 0.05) is 27.5 Å². The minimum Gasteiger partial charge on any atom is -0.494 e. The minimum absolute atomic E-state index is 0. The van der Waals surface area contributed by atoms with Crippen LogP contribution in [-0.4, -0.2) is 28.8 Å². The molecule has 1 aromatic rings. The second-order valence-electron chi connectivity index (χ2n) is 11.4. The Morgan fingerprint density at radius 1 is 0.650 bits per heavy atom. The maximum absolute atomic E-state index is 10.7. The second kappa shape index (κ2) is 30.6. The Morgan fingerprint density at radius 2 is 1.07 bits per heavy atom. The smallest absolute Gasteiger partial charge is 0.335 e. The molecule has 0 heterocycles. The van der Waals surface area contributed by atoms with Gasteiger partial charge in [0.1, 0.15) is 5.75 Å². The van der Waals surface area contributed by atoms with Gasteiger partial charge in [-0.1, -0.05) is 136 Å². The van der Waals surface area contributed by atoms with Crippen LogP contribution < -0.4 is 4.74 Å². The molecule has 0 aliphatic rings. The van der Waals surface area contributed by atoms with Crippen molar-refractivity contribution in [2.75, 3.05) is 6.61 Å². The van der Waals surface area contributed by atoms with Crippen molar-refractivity contribution in [2.45, 2.75) is 156 Å². The average Bonchev–Trinajstić information content (AvgIpc) is 2.90. The first kappa shape index (κ1) is 40.8. The molecule has 0 aliphatic heterocycles. The molecule has 232 valence electrons. The number of ether oxygens (including phenoxy) is 1. The summed E-state index contributed by atoms with van der Waals surface area (Å²) < 4.78 is 5.58. The summed E-state index contributed by atoms with van der Waals surface area (Å²) in [6, 6.07) is 6.57. The van der Waals surface area contributed by atoms with Gasteiger partial charge in [0.15, 0.2) is 0 Å². The van der Waals surface area contributed by atoms with Crippen molar-refractivity contribution in [2.24, 2.45) is 5.92 Å². The number of aromatic carboxylic acids is 1. The number of carboxylic acids is 2. The zero-order valence-electron chi connectivity index (χ0n) is 26.0. The van der Waals surface area contributed by atoms with Crippen molar-refractivity contribution in [3.05, 3.63) is 29.8 Å². The standard InChI is InChI=1S/C18H36O2.C16H24O3.Mo/c1-17(2)15-13-11-9-7-5-3-4-6-8-10-12-14-16-18(19)20;1-2-3-4-5-6-7-8-13-19-15-11-9-14(10-12-15)16(17)18;/h17H,3-16H2,1-2H3,(H,19,20);9-12H,2-8,13H2,1H3,(H,17,18);. The first-order valence-corrected chi connectivity index (χ1v) is 16.0. The fourth-order valence-corrected chi connectivity index (χ4v) is 4.54.